The van der Waals surface area contributed by atoms with Crippen LogP contribution in [0.2, 0.25) is 10.0 Å². The summed E-state index contributed by atoms with van der Waals surface area (Å²) in [7, 11) is 0. The maximum atomic E-state index is 12.3. The van der Waals surface area contributed by atoms with Crippen molar-refractivity contribution in [3.63, 3.8) is 0 Å². The number of benzene rings is 2. The first-order chi connectivity index (χ1) is 10.0. The summed E-state index contributed by atoms with van der Waals surface area (Å²) in [5, 5.41) is 3.41. The second-order valence-electron chi connectivity index (χ2n) is 4.27. The minimum atomic E-state index is -0.363. The maximum absolute atomic E-state index is 12.3. The summed E-state index contributed by atoms with van der Waals surface area (Å²) in [5.74, 6) is 0.172. The molecule has 2 aromatic carbocycles. The Morgan fingerprint density at radius 2 is 1.90 bits per heavy atom. The lowest BCUT2D eigenvalue weighted by molar-refractivity contribution is 0.102. The van der Waals surface area contributed by atoms with Crippen molar-refractivity contribution in [3.05, 3.63) is 52.0 Å². The Kier molecular flexibility index (Phi) is 4.94. The van der Waals surface area contributed by atoms with Crippen molar-refractivity contribution in [1.82, 2.24) is 0 Å². The van der Waals surface area contributed by atoms with Crippen molar-refractivity contribution in [2.24, 2.45) is 0 Å². The molecule has 3 N–H and O–H groups in total. The topological polar surface area (TPSA) is 64.3 Å². The third-order valence-corrected chi connectivity index (χ3v) is 3.33. The predicted molar refractivity (Wildman–Crippen MR) is 86.4 cm³/mol. The van der Waals surface area contributed by atoms with E-state index in [0.29, 0.717) is 39.3 Å². The van der Waals surface area contributed by atoms with E-state index >= 15 is 0 Å². The van der Waals surface area contributed by atoms with Gasteiger partial charge in [0.1, 0.15) is 5.75 Å². The second-order valence-corrected chi connectivity index (χ2v) is 5.09. The molecule has 0 spiro atoms. The second kappa shape index (κ2) is 6.70. The maximum Gasteiger partial charge on any atom is 0.255 e. The third-order valence-electron chi connectivity index (χ3n) is 2.70. The van der Waals surface area contributed by atoms with Crippen molar-refractivity contribution in [3.8, 4) is 5.75 Å². The van der Waals surface area contributed by atoms with Crippen molar-refractivity contribution in [2.45, 2.75) is 6.92 Å². The first kappa shape index (κ1) is 15.5. The molecule has 21 heavy (non-hydrogen) atoms. The van der Waals surface area contributed by atoms with E-state index in [1.807, 2.05) is 6.92 Å². The van der Waals surface area contributed by atoms with Crippen LogP contribution in [-0.2, 0) is 0 Å². The zero-order valence-corrected chi connectivity index (χ0v) is 12.8. The summed E-state index contributed by atoms with van der Waals surface area (Å²) in [4.78, 5) is 12.3. The lowest BCUT2D eigenvalue weighted by Gasteiger charge is -2.11. The van der Waals surface area contributed by atoms with Crippen LogP contribution < -0.4 is 15.8 Å². The Balaban J connectivity index is 2.28. The molecule has 0 unspecified atom stereocenters. The molecule has 4 nitrogen and oxygen atoms in total. The van der Waals surface area contributed by atoms with Crippen molar-refractivity contribution < 1.29 is 9.53 Å². The number of nitrogens with two attached hydrogens (primary N) is 1. The molecule has 2 rings (SSSR count). The van der Waals surface area contributed by atoms with Gasteiger partial charge in [-0.3, -0.25) is 4.79 Å². The zero-order chi connectivity index (χ0) is 15.4. The molecular weight excluding hydrogens is 311 g/mol. The number of nitrogens with one attached hydrogen (secondary N) is 1. The lowest BCUT2D eigenvalue weighted by atomic mass is 10.1. The standard InChI is InChI=1S/C15H14Cl2N2O2/c1-2-21-11-7-9(6-10(18)8-11)15(20)19-14-12(16)4-3-5-13(14)17/h3-8H,2,18H2,1H3,(H,19,20). The van der Waals surface area contributed by atoms with Gasteiger partial charge in [-0.15, -0.1) is 0 Å². The molecular formula is C15H14Cl2N2O2. The summed E-state index contributed by atoms with van der Waals surface area (Å²) < 4.78 is 5.36. The molecule has 0 radical (unpaired) electrons. The zero-order valence-electron chi connectivity index (χ0n) is 11.3. The molecule has 1 amide bonds. The molecule has 0 aliphatic rings. The van der Waals surface area contributed by atoms with Crippen molar-refractivity contribution in [2.75, 3.05) is 17.7 Å². The van der Waals surface area contributed by atoms with E-state index in [0.717, 1.165) is 0 Å². The van der Waals surface area contributed by atoms with Gasteiger partial charge in [0.05, 0.1) is 22.3 Å². The smallest absolute Gasteiger partial charge is 0.255 e. The van der Waals surface area contributed by atoms with E-state index in [1.165, 1.54) is 0 Å². The molecule has 2 aromatic rings. The van der Waals surface area contributed by atoms with Crippen LogP contribution in [-0.4, -0.2) is 12.5 Å². The highest BCUT2D eigenvalue weighted by atomic mass is 35.5. The van der Waals surface area contributed by atoms with E-state index < -0.39 is 0 Å². The fourth-order valence-electron chi connectivity index (χ4n) is 1.81. The van der Waals surface area contributed by atoms with Crippen LogP contribution in [0.3, 0.4) is 0 Å². The Bertz CT molecular complexity index is 654. The summed E-state index contributed by atoms with van der Waals surface area (Å²) in [5.41, 5.74) is 6.95. The summed E-state index contributed by atoms with van der Waals surface area (Å²) in [6, 6.07) is 9.82. The molecule has 0 aromatic heterocycles. The van der Waals surface area contributed by atoms with Crippen molar-refractivity contribution >= 4 is 40.5 Å². The average molecular weight is 325 g/mol. The highest BCUT2D eigenvalue weighted by Crippen LogP contribution is 2.30. The molecule has 0 aliphatic heterocycles. The Morgan fingerprint density at radius 1 is 1.24 bits per heavy atom. The molecule has 110 valence electrons. The molecule has 0 heterocycles. The Morgan fingerprint density at radius 3 is 2.52 bits per heavy atom. The lowest BCUT2D eigenvalue weighted by Crippen LogP contribution is -2.13. The third kappa shape index (κ3) is 3.80. The molecule has 0 fully saturated rings. The van der Waals surface area contributed by atoms with Crippen LogP contribution >= 0.6 is 23.2 Å². The summed E-state index contributed by atoms with van der Waals surface area (Å²) in [6.45, 7) is 2.34. The minimum absolute atomic E-state index is 0.363. The van der Waals surface area contributed by atoms with Crippen LogP contribution in [0.15, 0.2) is 36.4 Å². The van der Waals surface area contributed by atoms with E-state index in [1.54, 1.807) is 36.4 Å². The number of hydrogen-bond acceptors (Lipinski definition) is 3. The van der Waals surface area contributed by atoms with Crippen LogP contribution in [0.1, 0.15) is 17.3 Å². The Labute approximate surface area is 132 Å². The number of halogens is 2. The van der Waals surface area contributed by atoms with Gasteiger partial charge in [-0.25, -0.2) is 0 Å². The number of ether oxygens (including phenoxy) is 1. The van der Waals surface area contributed by atoms with E-state index in [2.05, 4.69) is 5.32 Å². The molecule has 0 aliphatic carbocycles. The van der Waals surface area contributed by atoms with Gasteiger partial charge in [0.25, 0.3) is 5.91 Å². The van der Waals surface area contributed by atoms with Gasteiger partial charge in [0, 0.05) is 17.3 Å². The number of para-hydroxylation sites is 1. The van der Waals surface area contributed by atoms with E-state index in [-0.39, 0.29) is 5.91 Å². The monoisotopic (exact) mass is 324 g/mol. The largest absolute Gasteiger partial charge is 0.494 e. The van der Waals surface area contributed by atoms with Gasteiger partial charge >= 0.3 is 0 Å². The van der Waals surface area contributed by atoms with Crippen LogP contribution in [0.4, 0.5) is 11.4 Å². The number of carbonyl (C=O) groups excluding carboxylic acids is 1. The highest BCUT2D eigenvalue weighted by molar-refractivity contribution is 6.40. The van der Waals surface area contributed by atoms with Crippen molar-refractivity contribution in [1.29, 1.82) is 0 Å². The van der Waals surface area contributed by atoms with Crippen LogP contribution in [0.5, 0.6) is 5.75 Å². The number of hydrogen-bond donors (Lipinski definition) is 2. The fourth-order valence-corrected chi connectivity index (χ4v) is 2.30. The minimum Gasteiger partial charge on any atom is -0.494 e. The number of amides is 1. The van der Waals surface area contributed by atoms with Crippen LogP contribution in [0.25, 0.3) is 0 Å². The first-order valence-electron chi connectivity index (χ1n) is 6.30. The van der Waals surface area contributed by atoms with Crippen LogP contribution in [0, 0.1) is 0 Å². The average Bonchev–Trinajstić information content (AvgIpc) is 2.42. The van der Waals surface area contributed by atoms with Gasteiger partial charge in [0.2, 0.25) is 0 Å². The highest BCUT2D eigenvalue weighted by Gasteiger charge is 2.13. The molecule has 6 heteroatoms. The van der Waals surface area contributed by atoms with Gasteiger partial charge in [0.15, 0.2) is 0 Å². The molecule has 0 saturated heterocycles. The number of rotatable bonds is 4. The Hall–Kier alpha value is -1.91. The van der Waals surface area contributed by atoms with Gasteiger partial charge < -0.3 is 15.8 Å². The predicted octanol–water partition coefficient (Wildman–Crippen LogP) is 4.23. The molecule has 0 saturated carbocycles. The normalized spacial score (nSPS) is 10.2. The summed E-state index contributed by atoms with van der Waals surface area (Å²) in [6.07, 6.45) is 0. The molecule has 0 bridgehead atoms. The number of anilines is 2. The fraction of sp³-hybridized carbons (Fsp3) is 0.133. The van der Waals surface area contributed by atoms with E-state index in [9.17, 15) is 4.79 Å². The SMILES string of the molecule is CCOc1cc(N)cc(C(=O)Nc2c(Cl)cccc2Cl)c1. The van der Waals surface area contributed by atoms with Gasteiger partial charge in [-0.05, 0) is 31.2 Å². The van der Waals surface area contributed by atoms with Gasteiger partial charge in [-0.2, -0.15) is 0 Å². The number of nitrogen functional groups attached to an aromatic ring is 1. The molecule has 0 atom stereocenters. The quantitative estimate of drug-likeness (QED) is 0.827. The number of carbonyl (C=O) groups is 1. The van der Waals surface area contributed by atoms with Gasteiger partial charge in [-0.1, -0.05) is 29.3 Å². The van der Waals surface area contributed by atoms with E-state index in [4.69, 9.17) is 33.7 Å². The summed E-state index contributed by atoms with van der Waals surface area (Å²) >= 11 is 12.0. The first-order valence-corrected chi connectivity index (χ1v) is 7.05.